The van der Waals surface area contributed by atoms with Crippen molar-refractivity contribution in [3.63, 3.8) is 0 Å². The lowest BCUT2D eigenvalue weighted by Crippen LogP contribution is -2.55. The minimum Gasteiger partial charge on any atom is -0.495 e. The fourth-order valence-corrected chi connectivity index (χ4v) is 5.15. The summed E-state index contributed by atoms with van der Waals surface area (Å²) < 4.78 is 45.3. The number of halogens is 2. The van der Waals surface area contributed by atoms with Gasteiger partial charge in [-0.3, -0.25) is 9.10 Å². The Kier molecular flexibility index (Phi) is 6.96. The van der Waals surface area contributed by atoms with E-state index in [9.17, 15) is 17.6 Å². The Balaban J connectivity index is 1.77. The first-order chi connectivity index (χ1) is 14.6. The molecule has 0 aliphatic carbocycles. The standard InChI is InChI=1S/C21H25ClFN3O4S/c1-15(26(31(3,28)29)16-8-9-20(30-2)17(22)14-16)21(27)25-12-10-24(11-13-25)19-7-5-4-6-18(19)23/h4-9,14-15H,10-13H2,1-3H3. The Morgan fingerprint density at radius 3 is 2.35 bits per heavy atom. The number of amides is 1. The molecule has 2 aromatic carbocycles. The third kappa shape index (κ3) is 5.04. The molecule has 0 N–H and O–H groups in total. The van der Waals surface area contributed by atoms with Crippen LogP contribution in [0.4, 0.5) is 15.8 Å². The molecule has 0 bridgehead atoms. The second kappa shape index (κ2) is 9.32. The Bertz CT molecular complexity index is 1060. The molecule has 10 heteroatoms. The van der Waals surface area contributed by atoms with Gasteiger partial charge in [0.1, 0.15) is 17.6 Å². The molecule has 168 valence electrons. The number of carbonyl (C=O) groups excluding carboxylic acids is 1. The summed E-state index contributed by atoms with van der Waals surface area (Å²) in [7, 11) is -2.31. The summed E-state index contributed by atoms with van der Waals surface area (Å²) in [5.41, 5.74) is 0.771. The van der Waals surface area contributed by atoms with Gasteiger partial charge in [-0.05, 0) is 37.3 Å². The van der Waals surface area contributed by atoms with Gasteiger partial charge < -0.3 is 14.5 Å². The van der Waals surface area contributed by atoms with Crippen LogP contribution in [0.2, 0.25) is 5.02 Å². The van der Waals surface area contributed by atoms with Gasteiger partial charge in [0.2, 0.25) is 15.9 Å². The number of sulfonamides is 1. The molecule has 0 radical (unpaired) electrons. The van der Waals surface area contributed by atoms with Crippen molar-refractivity contribution in [3.8, 4) is 5.75 Å². The molecule has 1 amide bonds. The smallest absolute Gasteiger partial charge is 0.246 e. The molecule has 31 heavy (non-hydrogen) atoms. The maximum atomic E-state index is 14.1. The molecule has 1 heterocycles. The van der Waals surface area contributed by atoms with Gasteiger partial charge in [-0.25, -0.2) is 12.8 Å². The highest BCUT2D eigenvalue weighted by molar-refractivity contribution is 7.92. The van der Waals surface area contributed by atoms with Crippen molar-refractivity contribution >= 4 is 38.9 Å². The summed E-state index contributed by atoms with van der Waals surface area (Å²) in [5, 5.41) is 0.242. The van der Waals surface area contributed by atoms with Gasteiger partial charge in [0, 0.05) is 26.2 Å². The quantitative estimate of drug-likeness (QED) is 0.650. The van der Waals surface area contributed by atoms with E-state index in [1.165, 1.54) is 19.2 Å². The van der Waals surface area contributed by atoms with Crippen LogP contribution in [0.25, 0.3) is 0 Å². The van der Waals surface area contributed by atoms with E-state index in [2.05, 4.69) is 0 Å². The van der Waals surface area contributed by atoms with Crippen molar-refractivity contribution in [1.29, 1.82) is 0 Å². The lowest BCUT2D eigenvalue weighted by atomic mass is 10.2. The van der Waals surface area contributed by atoms with Gasteiger partial charge in [0.15, 0.2) is 0 Å². The lowest BCUT2D eigenvalue weighted by molar-refractivity contribution is -0.132. The van der Waals surface area contributed by atoms with Crippen LogP contribution in [0.3, 0.4) is 0 Å². The lowest BCUT2D eigenvalue weighted by Gasteiger charge is -2.39. The van der Waals surface area contributed by atoms with Crippen LogP contribution in [-0.4, -0.2) is 64.8 Å². The normalized spacial score (nSPS) is 15.5. The Morgan fingerprint density at radius 2 is 1.81 bits per heavy atom. The van der Waals surface area contributed by atoms with E-state index in [0.29, 0.717) is 37.6 Å². The highest BCUT2D eigenvalue weighted by Gasteiger charge is 2.34. The Morgan fingerprint density at radius 1 is 1.16 bits per heavy atom. The van der Waals surface area contributed by atoms with Gasteiger partial charge in [-0.15, -0.1) is 0 Å². The van der Waals surface area contributed by atoms with Crippen molar-refractivity contribution in [2.45, 2.75) is 13.0 Å². The van der Waals surface area contributed by atoms with Crippen molar-refractivity contribution in [2.24, 2.45) is 0 Å². The third-order valence-corrected chi connectivity index (χ3v) is 6.78. The van der Waals surface area contributed by atoms with Gasteiger partial charge in [0.05, 0.1) is 29.8 Å². The molecule has 7 nitrogen and oxygen atoms in total. The summed E-state index contributed by atoms with van der Waals surface area (Å²) in [6, 6.07) is 10.1. The van der Waals surface area contributed by atoms with Gasteiger partial charge in [-0.1, -0.05) is 23.7 Å². The number of nitrogens with zero attached hydrogens (tertiary/aromatic N) is 3. The van der Waals surface area contributed by atoms with Gasteiger partial charge >= 0.3 is 0 Å². The number of anilines is 2. The summed E-state index contributed by atoms with van der Waals surface area (Å²) in [6.45, 7) is 3.17. The summed E-state index contributed by atoms with van der Waals surface area (Å²) in [4.78, 5) is 16.6. The van der Waals surface area contributed by atoms with Crippen molar-refractivity contribution in [1.82, 2.24) is 4.90 Å². The number of hydrogen-bond acceptors (Lipinski definition) is 5. The zero-order chi connectivity index (χ0) is 22.8. The molecule has 1 fully saturated rings. The molecule has 0 spiro atoms. The predicted octanol–water partition coefficient (Wildman–Crippen LogP) is 2.99. The van der Waals surface area contributed by atoms with E-state index < -0.39 is 16.1 Å². The molecule has 1 atom stereocenters. The number of piperazine rings is 1. The fraction of sp³-hybridized carbons (Fsp3) is 0.381. The average Bonchev–Trinajstić information content (AvgIpc) is 2.73. The second-order valence-electron chi connectivity index (χ2n) is 7.32. The molecule has 2 aromatic rings. The minimum atomic E-state index is -3.77. The molecule has 0 saturated carbocycles. The molecule has 1 saturated heterocycles. The number of hydrogen-bond donors (Lipinski definition) is 0. The number of para-hydroxylation sites is 1. The zero-order valence-corrected chi connectivity index (χ0v) is 19.2. The first-order valence-electron chi connectivity index (χ1n) is 9.74. The van der Waals surface area contributed by atoms with E-state index in [1.807, 2.05) is 4.90 Å². The molecule has 1 aliphatic rings. The minimum absolute atomic E-state index is 0.242. The zero-order valence-electron chi connectivity index (χ0n) is 17.6. The maximum Gasteiger partial charge on any atom is 0.246 e. The maximum absolute atomic E-state index is 14.1. The summed E-state index contributed by atoms with van der Waals surface area (Å²) >= 11 is 6.17. The molecule has 3 rings (SSSR count). The van der Waals surface area contributed by atoms with E-state index in [0.717, 1.165) is 10.6 Å². The topological polar surface area (TPSA) is 70.2 Å². The largest absolute Gasteiger partial charge is 0.495 e. The number of benzene rings is 2. The number of methoxy groups -OCH3 is 1. The SMILES string of the molecule is COc1ccc(N(C(C)C(=O)N2CCN(c3ccccc3F)CC2)S(C)(=O)=O)cc1Cl. The third-order valence-electron chi connectivity index (χ3n) is 5.24. The van der Waals surface area contributed by atoms with Gasteiger partial charge in [-0.2, -0.15) is 0 Å². The van der Waals surface area contributed by atoms with Crippen LogP contribution in [-0.2, 0) is 14.8 Å². The average molecular weight is 470 g/mol. The summed E-state index contributed by atoms with van der Waals surface area (Å²) in [5.74, 6) is -0.233. The molecule has 0 aromatic heterocycles. The van der Waals surface area contributed by atoms with Gasteiger partial charge in [0.25, 0.3) is 0 Å². The first-order valence-corrected chi connectivity index (χ1v) is 12.0. The molecular weight excluding hydrogens is 445 g/mol. The van der Waals surface area contributed by atoms with Crippen LogP contribution in [0, 0.1) is 5.82 Å². The monoisotopic (exact) mass is 469 g/mol. The predicted molar refractivity (Wildman–Crippen MR) is 120 cm³/mol. The van der Waals surface area contributed by atoms with Crippen molar-refractivity contribution in [2.75, 3.05) is 48.7 Å². The van der Waals surface area contributed by atoms with Crippen LogP contribution in [0.15, 0.2) is 42.5 Å². The van der Waals surface area contributed by atoms with Crippen LogP contribution in [0.1, 0.15) is 6.92 Å². The van der Waals surface area contributed by atoms with Crippen molar-refractivity contribution < 1.29 is 22.3 Å². The number of rotatable bonds is 6. The van der Waals surface area contributed by atoms with Crippen molar-refractivity contribution in [3.05, 3.63) is 53.3 Å². The molecular formula is C21H25ClFN3O4S. The molecule has 1 aliphatic heterocycles. The van der Waals surface area contributed by atoms with E-state index in [4.69, 9.17) is 16.3 Å². The fourth-order valence-electron chi connectivity index (χ4n) is 3.74. The van der Waals surface area contributed by atoms with Crippen LogP contribution >= 0.6 is 11.6 Å². The van der Waals surface area contributed by atoms with Crippen LogP contribution < -0.4 is 13.9 Å². The molecule has 1 unspecified atom stereocenters. The number of carbonyl (C=O) groups is 1. The summed E-state index contributed by atoms with van der Waals surface area (Å²) in [6.07, 6.45) is 1.05. The van der Waals surface area contributed by atoms with E-state index in [-0.39, 0.29) is 22.4 Å². The highest BCUT2D eigenvalue weighted by Crippen LogP contribution is 2.31. The highest BCUT2D eigenvalue weighted by atomic mass is 35.5. The van der Waals surface area contributed by atoms with Crippen LogP contribution in [0.5, 0.6) is 5.75 Å². The first kappa shape index (κ1) is 23.1. The number of ether oxygens (including phenoxy) is 1. The van der Waals surface area contributed by atoms with E-state index >= 15 is 0 Å². The Labute approximate surface area is 187 Å². The Hall–Kier alpha value is -2.52. The second-order valence-corrected chi connectivity index (χ2v) is 9.58. The van der Waals surface area contributed by atoms with E-state index in [1.54, 1.807) is 42.2 Å².